The van der Waals surface area contributed by atoms with Crippen molar-refractivity contribution in [2.75, 3.05) is 0 Å². The molecule has 0 aliphatic rings. The second-order valence-electron chi connectivity index (χ2n) is 2.01. The number of carbonyl (C=O) groups excluding carboxylic acids is 2. The fourth-order valence-electron chi connectivity index (χ4n) is 0.506. The molecule has 1 aromatic rings. The van der Waals surface area contributed by atoms with Crippen molar-refractivity contribution in [3.63, 3.8) is 0 Å². The molecule has 0 aliphatic carbocycles. The van der Waals surface area contributed by atoms with Crippen molar-refractivity contribution < 1.29 is 9.59 Å². The van der Waals surface area contributed by atoms with Gasteiger partial charge in [0.2, 0.25) is 0 Å². The minimum absolute atomic E-state index is 0.937. The van der Waals surface area contributed by atoms with Gasteiger partial charge in [0.05, 0.1) is 0 Å². The minimum atomic E-state index is -0.938. The Labute approximate surface area is 75.7 Å². The van der Waals surface area contributed by atoms with Crippen molar-refractivity contribution in [3.05, 3.63) is 36.4 Å². The van der Waals surface area contributed by atoms with Gasteiger partial charge in [0, 0.05) is 0 Å². The number of urea groups is 2. The van der Waals surface area contributed by atoms with Gasteiger partial charge in [-0.25, -0.2) is 9.59 Å². The summed E-state index contributed by atoms with van der Waals surface area (Å²) >= 11 is 0. The van der Waals surface area contributed by atoms with Crippen molar-refractivity contribution in [3.8, 4) is 0 Å². The van der Waals surface area contributed by atoms with Gasteiger partial charge in [0.25, 0.3) is 0 Å². The van der Waals surface area contributed by atoms with E-state index in [1.165, 1.54) is 0 Å². The number of benzene rings is 1. The Kier molecular flexibility index (Phi) is 5.61. The van der Waals surface area contributed by atoms with Gasteiger partial charge in [-0.05, 0) is 0 Å². The summed E-state index contributed by atoms with van der Waals surface area (Å²) in [5.74, 6) is 0. The highest BCUT2D eigenvalue weighted by atomic mass is 16.2. The van der Waals surface area contributed by atoms with Gasteiger partial charge < -0.3 is 11.5 Å². The Morgan fingerprint density at radius 2 is 1.00 bits per heavy atom. The van der Waals surface area contributed by atoms with E-state index in [9.17, 15) is 9.59 Å². The first-order valence-electron chi connectivity index (χ1n) is 3.49. The summed E-state index contributed by atoms with van der Waals surface area (Å²) < 4.78 is 0. The number of carbonyl (C=O) groups is 2. The van der Waals surface area contributed by atoms with Crippen LogP contribution in [0.15, 0.2) is 36.4 Å². The van der Waals surface area contributed by atoms with Crippen LogP contribution in [0.25, 0.3) is 0 Å². The highest BCUT2D eigenvalue weighted by molar-refractivity contribution is 5.91. The number of hydrogen-bond donors (Lipinski definition) is 3. The zero-order valence-electron chi connectivity index (χ0n) is 6.94. The number of nitrogens with one attached hydrogen (secondary N) is 1. The van der Waals surface area contributed by atoms with Gasteiger partial charge in [0.15, 0.2) is 0 Å². The van der Waals surface area contributed by atoms with E-state index in [0.717, 1.165) is 0 Å². The van der Waals surface area contributed by atoms with Crippen LogP contribution in [0.1, 0.15) is 0 Å². The fourth-order valence-corrected chi connectivity index (χ4v) is 0.506. The van der Waals surface area contributed by atoms with Gasteiger partial charge in [-0.1, -0.05) is 36.4 Å². The molecular weight excluding hydrogens is 170 g/mol. The summed E-state index contributed by atoms with van der Waals surface area (Å²) in [6, 6.07) is 10.1. The molecule has 0 unspecified atom stereocenters. The predicted molar refractivity (Wildman–Crippen MR) is 48.7 cm³/mol. The Morgan fingerprint density at radius 1 is 0.769 bits per heavy atom. The smallest absolute Gasteiger partial charge is 0.320 e. The van der Waals surface area contributed by atoms with Crippen LogP contribution < -0.4 is 16.8 Å². The summed E-state index contributed by atoms with van der Waals surface area (Å²) in [5, 5.41) is 1.58. The minimum Gasteiger partial charge on any atom is -0.351 e. The molecule has 1 rings (SSSR count). The molecular formula is C8H11N3O2. The molecule has 4 amide bonds. The van der Waals surface area contributed by atoms with E-state index in [1.54, 1.807) is 5.32 Å². The SMILES string of the molecule is NC(=O)NC(N)=O.c1ccccc1. The second kappa shape index (κ2) is 6.66. The Bertz CT molecular complexity index is 223. The summed E-state index contributed by atoms with van der Waals surface area (Å²) in [6.07, 6.45) is 0. The zero-order chi connectivity index (χ0) is 10.1. The van der Waals surface area contributed by atoms with E-state index in [-0.39, 0.29) is 0 Å². The van der Waals surface area contributed by atoms with Crippen LogP contribution in [0.3, 0.4) is 0 Å². The van der Waals surface area contributed by atoms with Crippen molar-refractivity contribution in [2.45, 2.75) is 0 Å². The number of imide groups is 1. The number of primary amides is 2. The van der Waals surface area contributed by atoms with E-state index >= 15 is 0 Å². The highest BCUT2D eigenvalue weighted by Gasteiger charge is 1.92. The van der Waals surface area contributed by atoms with Gasteiger partial charge in [-0.3, -0.25) is 5.32 Å². The van der Waals surface area contributed by atoms with E-state index in [4.69, 9.17) is 0 Å². The fraction of sp³-hybridized carbons (Fsp3) is 0. The lowest BCUT2D eigenvalue weighted by Gasteiger charge is -1.88. The molecule has 5 heteroatoms. The molecule has 1 aromatic carbocycles. The third-order valence-corrected chi connectivity index (χ3v) is 0.913. The lowest BCUT2D eigenvalue weighted by atomic mass is 10.4. The molecule has 5 nitrogen and oxygen atoms in total. The van der Waals surface area contributed by atoms with Crippen LogP contribution in [0, 0.1) is 0 Å². The van der Waals surface area contributed by atoms with Crippen LogP contribution in [-0.2, 0) is 0 Å². The Morgan fingerprint density at radius 3 is 1.08 bits per heavy atom. The molecule has 13 heavy (non-hydrogen) atoms. The molecule has 0 heterocycles. The molecule has 0 radical (unpaired) electrons. The van der Waals surface area contributed by atoms with Crippen LogP contribution in [0.4, 0.5) is 9.59 Å². The molecule has 0 aliphatic heterocycles. The number of hydrogen-bond acceptors (Lipinski definition) is 2. The first-order chi connectivity index (χ1) is 6.13. The van der Waals surface area contributed by atoms with Gasteiger partial charge in [-0.15, -0.1) is 0 Å². The van der Waals surface area contributed by atoms with Crippen LogP contribution in [-0.4, -0.2) is 12.1 Å². The van der Waals surface area contributed by atoms with Crippen molar-refractivity contribution in [2.24, 2.45) is 11.5 Å². The molecule has 0 spiro atoms. The molecule has 0 saturated carbocycles. The van der Waals surface area contributed by atoms with Gasteiger partial charge >= 0.3 is 12.1 Å². The van der Waals surface area contributed by atoms with Gasteiger partial charge in [-0.2, -0.15) is 0 Å². The summed E-state index contributed by atoms with van der Waals surface area (Å²) in [6.45, 7) is 0. The van der Waals surface area contributed by atoms with Crippen LogP contribution in [0.5, 0.6) is 0 Å². The third-order valence-electron chi connectivity index (χ3n) is 0.913. The molecule has 5 N–H and O–H groups in total. The first-order valence-corrected chi connectivity index (χ1v) is 3.49. The number of rotatable bonds is 0. The van der Waals surface area contributed by atoms with Crippen molar-refractivity contribution in [1.29, 1.82) is 0 Å². The Balaban J connectivity index is 0.000000223. The molecule has 0 bridgehead atoms. The second-order valence-corrected chi connectivity index (χ2v) is 2.01. The van der Waals surface area contributed by atoms with E-state index in [0.29, 0.717) is 0 Å². The van der Waals surface area contributed by atoms with E-state index in [2.05, 4.69) is 11.5 Å². The molecule has 0 saturated heterocycles. The summed E-state index contributed by atoms with van der Waals surface area (Å²) in [5.41, 5.74) is 8.88. The summed E-state index contributed by atoms with van der Waals surface area (Å²) in [7, 11) is 0. The summed E-state index contributed by atoms with van der Waals surface area (Å²) in [4.78, 5) is 19.2. The maximum atomic E-state index is 9.62. The normalized spacial score (nSPS) is 7.69. The largest absolute Gasteiger partial charge is 0.351 e. The van der Waals surface area contributed by atoms with Crippen molar-refractivity contribution >= 4 is 12.1 Å². The van der Waals surface area contributed by atoms with Crippen molar-refractivity contribution in [1.82, 2.24) is 5.32 Å². The Hall–Kier alpha value is -2.04. The quantitative estimate of drug-likeness (QED) is 0.540. The lowest BCUT2D eigenvalue weighted by molar-refractivity contribution is 0.236. The van der Waals surface area contributed by atoms with Crippen LogP contribution in [0.2, 0.25) is 0 Å². The zero-order valence-corrected chi connectivity index (χ0v) is 6.94. The number of amides is 4. The molecule has 70 valence electrons. The average molecular weight is 181 g/mol. The predicted octanol–water partition coefficient (Wildman–Crippen LogP) is 0.420. The maximum Gasteiger partial charge on any atom is 0.320 e. The van der Waals surface area contributed by atoms with Gasteiger partial charge in [0.1, 0.15) is 0 Å². The molecule has 0 atom stereocenters. The van der Waals surface area contributed by atoms with Crippen LogP contribution >= 0.6 is 0 Å². The average Bonchev–Trinajstić information content (AvgIpc) is 2.06. The first kappa shape index (κ1) is 11.0. The molecule has 0 fully saturated rings. The number of nitrogens with two attached hydrogens (primary N) is 2. The highest BCUT2D eigenvalue weighted by Crippen LogP contribution is 1.79. The topological polar surface area (TPSA) is 98.2 Å². The maximum absolute atomic E-state index is 9.62. The lowest BCUT2D eigenvalue weighted by Crippen LogP contribution is -2.38. The third kappa shape index (κ3) is 9.96. The monoisotopic (exact) mass is 181 g/mol. The van der Waals surface area contributed by atoms with E-state index < -0.39 is 12.1 Å². The standard InChI is InChI=1S/C6H6.C2H5N3O2/c1-2-4-6-5-3-1;3-1(6)5-2(4)7/h1-6H;(H5,3,4,5,6,7). The molecule has 0 aromatic heterocycles. The van der Waals surface area contributed by atoms with E-state index in [1.807, 2.05) is 36.4 Å².